The van der Waals surface area contributed by atoms with Gasteiger partial charge in [0.05, 0.1) is 11.5 Å². The van der Waals surface area contributed by atoms with Gasteiger partial charge in [0.2, 0.25) is 0 Å². The monoisotopic (exact) mass is 246 g/mol. The molecule has 1 fully saturated rings. The van der Waals surface area contributed by atoms with Crippen LogP contribution in [0.25, 0.3) is 0 Å². The molecule has 0 amide bonds. The first kappa shape index (κ1) is 13.1. The van der Waals surface area contributed by atoms with Gasteiger partial charge in [-0.3, -0.25) is 4.68 Å². The maximum absolute atomic E-state index is 9.56. The third-order valence-electron chi connectivity index (χ3n) is 4.37. The second-order valence-corrected chi connectivity index (χ2v) is 5.41. The molecule has 1 saturated carbocycles. The highest BCUT2D eigenvalue weighted by molar-refractivity contribution is 5.07. The molecule has 1 aromatic heterocycles. The molecule has 0 spiro atoms. The highest BCUT2D eigenvalue weighted by Crippen LogP contribution is 2.41. The second-order valence-electron chi connectivity index (χ2n) is 5.41. The smallest absolute Gasteiger partial charge is 0.138 e. The normalized spacial score (nSPS) is 27.9. The van der Waals surface area contributed by atoms with Crippen molar-refractivity contribution in [2.75, 3.05) is 0 Å². The van der Waals surface area contributed by atoms with E-state index in [-0.39, 0.29) is 5.41 Å². The van der Waals surface area contributed by atoms with Gasteiger partial charge in [-0.1, -0.05) is 13.3 Å². The number of aromatic nitrogens is 3. The lowest BCUT2D eigenvalue weighted by molar-refractivity contribution is 0.200. The minimum absolute atomic E-state index is 0.203. The Morgan fingerprint density at radius 1 is 1.44 bits per heavy atom. The maximum atomic E-state index is 9.56. The standard InChI is InChI=1S/C14H22N4/c1-3-12-5-7-14(10-15,8-6-12)9-13-16-11-17-18(13)4-2/h11-12H,3-9H2,1-2H3. The maximum Gasteiger partial charge on any atom is 0.138 e. The van der Waals surface area contributed by atoms with Crippen LogP contribution in [0.2, 0.25) is 0 Å². The van der Waals surface area contributed by atoms with Crippen LogP contribution in [0.4, 0.5) is 0 Å². The van der Waals surface area contributed by atoms with E-state index in [0.29, 0.717) is 0 Å². The van der Waals surface area contributed by atoms with Gasteiger partial charge in [-0.25, -0.2) is 4.98 Å². The van der Waals surface area contributed by atoms with Crippen molar-refractivity contribution in [3.8, 4) is 6.07 Å². The fourth-order valence-electron chi connectivity index (χ4n) is 2.96. The summed E-state index contributed by atoms with van der Waals surface area (Å²) in [6, 6.07) is 2.57. The van der Waals surface area contributed by atoms with E-state index in [1.165, 1.54) is 19.3 Å². The predicted molar refractivity (Wildman–Crippen MR) is 69.7 cm³/mol. The molecule has 0 bridgehead atoms. The number of hydrogen-bond acceptors (Lipinski definition) is 3. The average molecular weight is 246 g/mol. The van der Waals surface area contributed by atoms with E-state index in [1.807, 2.05) is 4.68 Å². The van der Waals surface area contributed by atoms with Gasteiger partial charge in [-0.15, -0.1) is 0 Å². The van der Waals surface area contributed by atoms with E-state index in [2.05, 4.69) is 30.0 Å². The third-order valence-corrected chi connectivity index (χ3v) is 4.37. The van der Waals surface area contributed by atoms with Crippen molar-refractivity contribution in [3.05, 3.63) is 12.2 Å². The SMILES string of the molecule is CCC1CCC(C#N)(Cc2ncnn2CC)CC1. The van der Waals surface area contributed by atoms with Crippen molar-refractivity contribution in [1.82, 2.24) is 14.8 Å². The quantitative estimate of drug-likeness (QED) is 0.820. The lowest BCUT2D eigenvalue weighted by Crippen LogP contribution is -2.29. The Labute approximate surface area is 109 Å². The van der Waals surface area contributed by atoms with Crippen LogP contribution in [-0.4, -0.2) is 14.8 Å². The summed E-state index contributed by atoms with van der Waals surface area (Å²) in [5.41, 5.74) is -0.203. The van der Waals surface area contributed by atoms with Gasteiger partial charge in [0.15, 0.2) is 0 Å². The zero-order chi connectivity index (χ0) is 13.0. The van der Waals surface area contributed by atoms with Gasteiger partial charge >= 0.3 is 0 Å². The number of hydrogen-bond donors (Lipinski definition) is 0. The molecule has 98 valence electrons. The van der Waals surface area contributed by atoms with Gasteiger partial charge in [0.1, 0.15) is 12.2 Å². The second kappa shape index (κ2) is 5.51. The van der Waals surface area contributed by atoms with Crippen molar-refractivity contribution in [2.24, 2.45) is 11.3 Å². The Morgan fingerprint density at radius 2 is 2.17 bits per heavy atom. The molecule has 0 atom stereocenters. The first-order valence-corrected chi connectivity index (χ1v) is 7.01. The number of nitriles is 1. The van der Waals surface area contributed by atoms with Crippen molar-refractivity contribution < 1.29 is 0 Å². The summed E-state index contributed by atoms with van der Waals surface area (Å²) in [7, 11) is 0. The fourth-order valence-corrected chi connectivity index (χ4v) is 2.96. The molecule has 0 N–H and O–H groups in total. The minimum atomic E-state index is -0.203. The van der Waals surface area contributed by atoms with Crippen LogP contribution < -0.4 is 0 Å². The lowest BCUT2D eigenvalue weighted by atomic mass is 9.69. The van der Waals surface area contributed by atoms with E-state index in [1.54, 1.807) is 6.33 Å². The fraction of sp³-hybridized carbons (Fsp3) is 0.786. The van der Waals surface area contributed by atoms with Gasteiger partial charge in [-0.2, -0.15) is 10.4 Å². The zero-order valence-corrected chi connectivity index (χ0v) is 11.4. The largest absolute Gasteiger partial charge is 0.250 e. The van der Waals surface area contributed by atoms with E-state index < -0.39 is 0 Å². The molecule has 2 rings (SSSR count). The van der Waals surface area contributed by atoms with Crippen LogP contribution in [0.5, 0.6) is 0 Å². The first-order chi connectivity index (χ1) is 8.73. The van der Waals surface area contributed by atoms with E-state index >= 15 is 0 Å². The first-order valence-electron chi connectivity index (χ1n) is 7.01. The highest BCUT2D eigenvalue weighted by atomic mass is 15.3. The molecule has 1 aromatic rings. The van der Waals surface area contributed by atoms with Gasteiger partial charge in [0, 0.05) is 13.0 Å². The van der Waals surface area contributed by atoms with Crippen LogP contribution >= 0.6 is 0 Å². The van der Waals surface area contributed by atoms with Gasteiger partial charge in [-0.05, 0) is 38.5 Å². The van der Waals surface area contributed by atoms with E-state index in [0.717, 1.165) is 37.5 Å². The molecule has 0 aliphatic heterocycles. The molecule has 0 radical (unpaired) electrons. The summed E-state index contributed by atoms with van der Waals surface area (Å²) in [4.78, 5) is 4.31. The third kappa shape index (κ3) is 2.55. The lowest BCUT2D eigenvalue weighted by Gasteiger charge is -2.34. The van der Waals surface area contributed by atoms with Crippen molar-refractivity contribution in [2.45, 2.75) is 58.9 Å². The van der Waals surface area contributed by atoms with Crippen LogP contribution in [0, 0.1) is 22.7 Å². The Morgan fingerprint density at radius 3 is 2.72 bits per heavy atom. The Hall–Kier alpha value is -1.37. The molecule has 18 heavy (non-hydrogen) atoms. The van der Waals surface area contributed by atoms with E-state index in [9.17, 15) is 5.26 Å². The minimum Gasteiger partial charge on any atom is -0.250 e. The summed E-state index contributed by atoms with van der Waals surface area (Å²) < 4.78 is 1.91. The highest BCUT2D eigenvalue weighted by Gasteiger charge is 2.36. The Kier molecular flexibility index (Phi) is 4.00. The summed E-state index contributed by atoms with van der Waals surface area (Å²) in [5.74, 6) is 1.78. The van der Waals surface area contributed by atoms with Crippen LogP contribution in [-0.2, 0) is 13.0 Å². The Balaban J connectivity index is 2.08. The molecule has 4 nitrogen and oxygen atoms in total. The van der Waals surface area contributed by atoms with Crippen LogP contribution in [0.15, 0.2) is 6.33 Å². The average Bonchev–Trinajstić information content (AvgIpc) is 2.86. The summed E-state index contributed by atoms with van der Waals surface area (Å²) in [6.45, 7) is 5.14. The number of rotatable bonds is 4. The molecule has 0 aromatic carbocycles. The van der Waals surface area contributed by atoms with Gasteiger partial charge in [0.25, 0.3) is 0 Å². The molecular formula is C14H22N4. The molecule has 1 heterocycles. The van der Waals surface area contributed by atoms with Crippen molar-refractivity contribution in [1.29, 1.82) is 5.26 Å². The van der Waals surface area contributed by atoms with Gasteiger partial charge < -0.3 is 0 Å². The molecule has 0 unspecified atom stereocenters. The zero-order valence-electron chi connectivity index (χ0n) is 11.4. The predicted octanol–water partition coefficient (Wildman–Crippen LogP) is 2.95. The van der Waals surface area contributed by atoms with Crippen molar-refractivity contribution >= 4 is 0 Å². The topological polar surface area (TPSA) is 54.5 Å². The number of aryl methyl sites for hydroxylation is 1. The molecular weight excluding hydrogens is 224 g/mol. The summed E-state index contributed by atoms with van der Waals surface area (Å²) in [6.07, 6.45) is 7.99. The molecule has 1 aliphatic rings. The molecule has 1 aliphatic carbocycles. The molecule has 4 heteroatoms. The van der Waals surface area contributed by atoms with Crippen LogP contribution in [0.1, 0.15) is 51.8 Å². The summed E-state index contributed by atoms with van der Waals surface area (Å²) >= 11 is 0. The molecule has 0 saturated heterocycles. The summed E-state index contributed by atoms with van der Waals surface area (Å²) in [5, 5.41) is 13.7. The number of nitrogens with zero attached hydrogens (tertiary/aromatic N) is 4. The Bertz CT molecular complexity index is 421. The van der Waals surface area contributed by atoms with Crippen LogP contribution in [0.3, 0.4) is 0 Å². The van der Waals surface area contributed by atoms with Crippen molar-refractivity contribution in [3.63, 3.8) is 0 Å². The van der Waals surface area contributed by atoms with E-state index in [4.69, 9.17) is 0 Å².